The minimum atomic E-state index is -4.56. The van der Waals surface area contributed by atoms with E-state index >= 15 is 0 Å². The summed E-state index contributed by atoms with van der Waals surface area (Å²) in [7, 11) is 0. The molecule has 10 aromatic rings. The van der Waals surface area contributed by atoms with Crippen LogP contribution in [0, 0.1) is 27.7 Å². The van der Waals surface area contributed by atoms with Gasteiger partial charge in [-0.05, 0) is 147 Å². The molecule has 0 unspecified atom stereocenters. The number of carbonyl (C=O) groups excluding carboxylic acids is 2. The van der Waals surface area contributed by atoms with Crippen LogP contribution >= 0.6 is 35.6 Å². The van der Waals surface area contributed by atoms with Gasteiger partial charge in [0.15, 0.2) is 5.78 Å². The molecular weight excluding hydrogens is 1200 g/mol. The average molecular weight is 1250 g/mol. The summed E-state index contributed by atoms with van der Waals surface area (Å²) in [5.74, 6) is 0.450. The molecule has 6 aromatic heterocycles. The fraction of sp³-hybridized carbons (Fsp3) is 0.153. The van der Waals surface area contributed by atoms with Gasteiger partial charge in [-0.2, -0.15) is 26.3 Å². The number of aromatic nitrogens is 10. The van der Waals surface area contributed by atoms with Gasteiger partial charge in [-0.15, -0.1) is 24.0 Å². The number of Topliss-reactive ketones (excluding diaryl/α,β-unsaturated/α-hetero) is 1. The number of imidazole rings is 2. The Morgan fingerprint density at radius 3 is 1.48 bits per heavy atom. The van der Waals surface area contributed by atoms with Gasteiger partial charge in [0.1, 0.15) is 0 Å². The van der Waals surface area contributed by atoms with Crippen molar-refractivity contribution in [3.63, 3.8) is 0 Å². The Hall–Kier alpha value is -8.90. The molecule has 0 aliphatic heterocycles. The number of pyridine rings is 2. The molecule has 0 bridgehead atoms. The van der Waals surface area contributed by atoms with Crippen molar-refractivity contribution in [2.45, 2.75) is 61.3 Å². The Kier molecular flexibility index (Phi) is 21.8. The Morgan fingerprint density at radius 1 is 0.573 bits per heavy atom. The number of hydrogen-bond acceptors (Lipinski definition) is 13. The first-order valence-corrected chi connectivity index (χ1v) is 24.2. The topological polar surface area (TPSA) is 197 Å². The number of ketones is 1. The van der Waals surface area contributed by atoms with E-state index in [0.29, 0.717) is 45.8 Å². The molecular formula is C59H55ClF6IN13O2. The number of nitrogen functional groups attached to an aromatic ring is 1. The molecule has 0 aliphatic rings. The molecule has 0 spiro atoms. The molecule has 0 aliphatic carbocycles. The number of halogens is 8. The first kappa shape index (κ1) is 63.9. The van der Waals surface area contributed by atoms with E-state index in [1.165, 1.54) is 27.9 Å². The maximum absolute atomic E-state index is 13.6. The van der Waals surface area contributed by atoms with E-state index in [-0.39, 0.29) is 68.0 Å². The van der Waals surface area contributed by atoms with Crippen molar-refractivity contribution >= 4 is 75.6 Å². The summed E-state index contributed by atoms with van der Waals surface area (Å²) in [6, 6.07) is 28.4. The molecule has 424 valence electrons. The van der Waals surface area contributed by atoms with Crippen molar-refractivity contribution in [3.8, 4) is 33.9 Å². The smallest absolute Gasteiger partial charge is 0.399 e. The number of benzene rings is 4. The number of alkyl halides is 6. The average Bonchev–Trinajstić information content (AvgIpc) is 4.10. The molecule has 23 heteroatoms. The molecule has 10 rings (SSSR count). The van der Waals surface area contributed by atoms with Gasteiger partial charge in [-0.25, -0.2) is 29.9 Å². The molecule has 0 fully saturated rings. The van der Waals surface area contributed by atoms with Gasteiger partial charge in [-0.3, -0.25) is 19.6 Å². The van der Waals surface area contributed by atoms with Crippen LogP contribution in [0.5, 0.6) is 0 Å². The normalized spacial score (nSPS) is 10.8. The van der Waals surface area contributed by atoms with E-state index in [1.807, 2.05) is 50.2 Å². The van der Waals surface area contributed by atoms with Gasteiger partial charge < -0.3 is 25.5 Å². The van der Waals surface area contributed by atoms with Crippen LogP contribution in [0.25, 0.3) is 33.9 Å². The van der Waals surface area contributed by atoms with Gasteiger partial charge in [0, 0.05) is 107 Å². The lowest BCUT2D eigenvalue weighted by molar-refractivity contribution is -0.138. The number of nitrogens with one attached hydrogen (secondary N) is 2. The summed E-state index contributed by atoms with van der Waals surface area (Å²) in [4.78, 5) is 58.3. The molecule has 4 N–H and O–H groups in total. The van der Waals surface area contributed by atoms with Crippen molar-refractivity contribution in [2.24, 2.45) is 0 Å². The summed E-state index contributed by atoms with van der Waals surface area (Å²) in [5, 5.41) is 5.77. The third kappa shape index (κ3) is 17.1. The summed E-state index contributed by atoms with van der Waals surface area (Å²) < 4.78 is 81.7. The quantitative estimate of drug-likeness (QED) is 0.0344. The standard InChI is InChI=1S/C29H23F3N6O.C17H13ClN4O.C11H10F3N3.2CH4.HI/c1-18-5-6-21(13-26(18)37-28-34-9-7-25(36-28)22-4-3-8-33-15-22)27(39)12-20-10-23(29(30,31)32)14-24(11-20)38-16-19(2)35-17-38;1-11-4-5-12(16(18)23)9-15(11)22-17-20-8-6-14(21-17)13-3-2-7-19-10-13;1-7-5-17(6-16-7)10-3-8(11(12,13)14)2-9(15)4-10;;;/h3-11,13-17H,12H2,1-2H3,(H,34,36,37);2-10H,1H3,(H,20,21,22);2-6H,15H2,1H3;2*1H4;1H. The van der Waals surface area contributed by atoms with E-state index < -0.39 is 28.7 Å². The van der Waals surface area contributed by atoms with Crippen molar-refractivity contribution in [2.75, 3.05) is 16.4 Å². The summed E-state index contributed by atoms with van der Waals surface area (Å²) in [5.41, 5.74) is 13.3. The predicted octanol–water partition coefficient (Wildman–Crippen LogP) is 15.2. The third-order valence-corrected chi connectivity index (χ3v) is 11.9. The number of anilines is 5. The van der Waals surface area contributed by atoms with Crippen LogP contribution in [0.1, 0.15) is 74.8 Å². The second kappa shape index (κ2) is 28.0. The zero-order valence-corrected chi connectivity index (χ0v) is 45.9. The van der Waals surface area contributed by atoms with Gasteiger partial charge in [-0.1, -0.05) is 33.1 Å². The first-order chi connectivity index (χ1) is 37.6. The van der Waals surface area contributed by atoms with E-state index in [4.69, 9.17) is 17.3 Å². The largest absolute Gasteiger partial charge is 0.416 e. The zero-order valence-electron chi connectivity index (χ0n) is 42.8. The van der Waals surface area contributed by atoms with Crippen molar-refractivity contribution in [1.29, 1.82) is 0 Å². The van der Waals surface area contributed by atoms with Crippen LogP contribution in [0.15, 0.2) is 171 Å². The van der Waals surface area contributed by atoms with E-state index in [2.05, 4.69) is 50.5 Å². The number of rotatable bonds is 12. The molecule has 0 saturated carbocycles. The third-order valence-electron chi connectivity index (χ3n) is 11.7. The number of nitrogens with two attached hydrogens (primary N) is 1. The Bertz CT molecular complexity index is 3790. The van der Waals surface area contributed by atoms with Crippen LogP contribution in [-0.2, 0) is 18.8 Å². The number of carbonyl (C=O) groups is 2. The molecule has 82 heavy (non-hydrogen) atoms. The molecule has 6 heterocycles. The molecule has 4 aromatic carbocycles. The molecule has 0 saturated heterocycles. The van der Waals surface area contributed by atoms with Crippen LogP contribution in [0.2, 0.25) is 0 Å². The summed E-state index contributed by atoms with van der Waals surface area (Å²) in [6.45, 7) is 7.30. The minimum absolute atomic E-state index is 0. The van der Waals surface area contributed by atoms with Crippen LogP contribution in [-0.4, -0.2) is 60.0 Å². The second-order valence-electron chi connectivity index (χ2n) is 17.7. The minimum Gasteiger partial charge on any atom is -0.399 e. The molecule has 0 radical (unpaired) electrons. The summed E-state index contributed by atoms with van der Waals surface area (Å²) >= 11 is 5.53. The lowest BCUT2D eigenvalue weighted by atomic mass is 9.99. The van der Waals surface area contributed by atoms with Gasteiger partial charge in [0.2, 0.25) is 11.9 Å². The fourth-order valence-electron chi connectivity index (χ4n) is 7.69. The second-order valence-corrected chi connectivity index (χ2v) is 18.1. The van der Waals surface area contributed by atoms with E-state index in [0.717, 1.165) is 63.6 Å². The van der Waals surface area contributed by atoms with Crippen molar-refractivity contribution in [1.82, 2.24) is 49.0 Å². The van der Waals surface area contributed by atoms with Crippen LogP contribution in [0.4, 0.5) is 55.3 Å². The van der Waals surface area contributed by atoms with Crippen LogP contribution in [0.3, 0.4) is 0 Å². The fourth-order valence-corrected chi connectivity index (χ4v) is 7.80. The highest BCUT2D eigenvalue weighted by Gasteiger charge is 2.32. The SMILES string of the molecule is C.C.Cc1ccc(C(=O)Cl)cc1Nc1nccc(-c2cccnc2)n1.Cc1cn(-c2cc(CC(=O)c3ccc(C)c(Nc4nccc(-c5cccnc5)n4)c3)cc(C(F)(F)F)c2)cn1.Cc1cn(-c2cc(N)cc(C(F)(F)F)c2)cn1.I. The predicted molar refractivity (Wildman–Crippen MR) is 318 cm³/mol. The maximum Gasteiger partial charge on any atom is 0.416 e. The monoisotopic (exact) mass is 1250 g/mol. The first-order valence-electron chi connectivity index (χ1n) is 23.8. The molecule has 15 nitrogen and oxygen atoms in total. The van der Waals surface area contributed by atoms with Gasteiger partial charge in [0.25, 0.3) is 5.24 Å². The Morgan fingerprint density at radius 2 is 1.04 bits per heavy atom. The molecule has 0 atom stereocenters. The zero-order chi connectivity index (χ0) is 56.4. The maximum atomic E-state index is 13.6. The lowest BCUT2D eigenvalue weighted by Crippen LogP contribution is -2.10. The van der Waals surface area contributed by atoms with Crippen molar-refractivity contribution < 1.29 is 35.9 Å². The van der Waals surface area contributed by atoms with Crippen LogP contribution < -0.4 is 16.4 Å². The number of aryl methyl sites for hydroxylation is 4. The lowest BCUT2D eigenvalue weighted by Gasteiger charge is -2.13. The van der Waals surface area contributed by atoms with E-state index in [9.17, 15) is 35.9 Å². The Labute approximate surface area is 491 Å². The highest BCUT2D eigenvalue weighted by molar-refractivity contribution is 14.0. The Balaban J connectivity index is 0.000000244. The van der Waals surface area contributed by atoms with Gasteiger partial charge >= 0.3 is 12.4 Å². The summed E-state index contributed by atoms with van der Waals surface area (Å²) in [6.07, 6.45) is 7.10. The number of hydrogen-bond donors (Lipinski definition) is 3. The van der Waals surface area contributed by atoms with Gasteiger partial charge in [0.05, 0.1) is 46.6 Å². The highest BCUT2D eigenvalue weighted by Crippen LogP contribution is 2.34. The number of nitrogens with zero attached hydrogens (tertiary/aromatic N) is 10. The highest BCUT2D eigenvalue weighted by atomic mass is 127. The molecule has 0 amide bonds. The van der Waals surface area contributed by atoms with Crippen molar-refractivity contribution in [3.05, 3.63) is 222 Å². The van der Waals surface area contributed by atoms with E-state index in [1.54, 1.807) is 106 Å².